The van der Waals surface area contributed by atoms with Crippen molar-refractivity contribution in [1.29, 1.82) is 5.26 Å². The van der Waals surface area contributed by atoms with Crippen molar-refractivity contribution in [2.75, 3.05) is 0 Å². The summed E-state index contributed by atoms with van der Waals surface area (Å²) in [6.07, 6.45) is 1.85. The Morgan fingerprint density at radius 1 is 1.35 bits per heavy atom. The summed E-state index contributed by atoms with van der Waals surface area (Å²) in [7, 11) is 0. The number of nitrogens with zero attached hydrogens (tertiary/aromatic N) is 2. The van der Waals surface area contributed by atoms with Crippen LogP contribution in [0.5, 0.6) is 0 Å². The van der Waals surface area contributed by atoms with Crippen LogP contribution in [0.4, 0.5) is 0 Å². The lowest BCUT2D eigenvalue weighted by atomic mass is 10.1. The highest BCUT2D eigenvalue weighted by Crippen LogP contribution is 2.19. The minimum absolute atomic E-state index is 0.420. The first kappa shape index (κ1) is 11.7. The summed E-state index contributed by atoms with van der Waals surface area (Å²) in [5.41, 5.74) is 9.27. The van der Waals surface area contributed by atoms with Crippen LogP contribution in [0.3, 0.4) is 0 Å². The molecule has 1 aromatic heterocycles. The van der Waals surface area contributed by atoms with E-state index in [1.54, 1.807) is 6.07 Å². The molecule has 0 saturated carbocycles. The van der Waals surface area contributed by atoms with Crippen molar-refractivity contribution in [3.8, 4) is 11.8 Å². The van der Waals surface area contributed by atoms with E-state index in [1.807, 2.05) is 35.0 Å². The van der Waals surface area contributed by atoms with Crippen LogP contribution in [0.15, 0.2) is 36.5 Å². The quantitative estimate of drug-likeness (QED) is 0.845. The number of alkyl halides is 1. The molecule has 0 fully saturated rings. The number of rotatable bonds is 3. The van der Waals surface area contributed by atoms with Gasteiger partial charge in [-0.15, -0.1) is 11.6 Å². The Balaban J connectivity index is 2.56. The Morgan fingerprint density at radius 3 is 2.82 bits per heavy atom. The van der Waals surface area contributed by atoms with E-state index < -0.39 is 0 Å². The van der Waals surface area contributed by atoms with Crippen LogP contribution in [0.25, 0.3) is 5.69 Å². The van der Waals surface area contributed by atoms with Gasteiger partial charge in [-0.3, -0.25) is 0 Å². The van der Waals surface area contributed by atoms with Gasteiger partial charge in [0.05, 0.1) is 5.69 Å². The molecule has 0 atom stereocenters. The fourth-order valence-corrected chi connectivity index (χ4v) is 1.97. The zero-order valence-electron chi connectivity index (χ0n) is 9.23. The average molecular weight is 246 g/mol. The number of halogens is 1. The molecule has 0 aliphatic carbocycles. The Morgan fingerprint density at radius 2 is 2.18 bits per heavy atom. The summed E-state index contributed by atoms with van der Waals surface area (Å²) in [6.45, 7) is 0.420. The molecule has 2 aromatic rings. The van der Waals surface area contributed by atoms with Gasteiger partial charge >= 0.3 is 0 Å². The fourth-order valence-electron chi connectivity index (χ4n) is 1.80. The first-order valence-electron chi connectivity index (χ1n) is 5.26. The number of hydrogen-bond acceptors (Lipinski definition) is 2. The van der Waals surface area contributed by atoms with Crippen LogP contribution < -0.4 is 5.73 Å². The van der Waals surface area contributed by atoms with Crippen LogP contribution in [0, 0.1) is 11.3 Å². The van der Waals surface area contributed by atoms with Gasteiger partial charge in [0.25, 0.3) is 0 Å². The third kappa shape index (κ3) is 2.19. The van der Waals surface area contributed by atoms with E-state index in [2.05, 4.69) is 6.07 Å². The van der Waals surface area contributed by atoms with Gasteiger partial charge < -0.3 is 10.3 Å². The molecule has 0 radical (unpaired) electrons. The molecule has 0 saturated heterocycles. The molecule has 1 heterocycles. The minimum Gasteiger partial charge on any atom is -0.326 e. The van der Waals surface area contributed by atoms with E-state index in [4.69, 9.17) is 22.6 Å². The van der Waals surface area contributed by atoms with Gasteiger partial charge in [-0.05, 0) is 29.3 Å². The van der Waals surface area contributed by atoms with Crippen molar-refractivity contribution in [2.45, 2.75) is 12.4 Å². The van der Waals surface area contributed by atoms with E-state index in [-0.39, 0.29) is 0 Å². The second-order valence-corrected chi connectivity index (χ2v) is 3.94. The van der Waals surface area contributed by atoms with Crippen LogP contribution in [-0.2, 0) is 12.4 Å². The lowest BCUT2D eigenvalue weighted by Gasteiger charge is -2.11. The van der Waals surface area contributed by atoms with E-state index in [0.717, 1.165) is 16.8 Å². The highest BCUT2D eigenvalue weighted by Gasteiger charge is 2.07. The molecule has 0 aliphatic heterocycles. The molecule has 2 N–H and O–H groups in total. The molecule has 0 amide bonds. The third-order valence-electron chi connectivity index (χ3n) is 2.64. The molecular formula is C13H12ClN3. The Bertz CT molecular complexity index is 566. The van der Waals surface area contributed by atoms with Crippen molar-refractivity contribution in [3.05, 3.63) is 53.3 Å². The summed E-state index contributed by atoms with van der Waals surface area (Å²) in [5.74, 6) is 0.462. The molecule has 1 aromatic carbocycles. The van der Waals surface area contributed by atoms with Gasteiger partial charge in [0.15, 0.2) is 0 Å². The maximum atomic E-state index is 9.01. The molecule has 4 heteroatoms. The third-order valence-corrected chi connectivity index (χ3v) is 2.95. The minimum atomic E-state index is 0.420. The van der Waals surface area contributed by atoms with Crippen molar-refractivity contribution in [1.82, 2.24) is 4.57 Å². The summed E-state index contributed by atoms with van der Waals surface area (Å²) in [5, 5.41) is 9.01. The Hall–Kier alpha value is -1.76. The van der Waals surface area contributed by atoms with Crippen molar-refractivity contribution in [2.24, 2.45) is 5.73 Å². The summed E-state index contributed by atoms with van der Waals surface area (Å²) >= 11 is 5.79. The average Bonchev–Trinajstić information content (AvgIpc) is 2.85. The second kappa shape index (κ2) is 5.05. The highest BCUT2D eigenvalue weighted by atomic mass is 35.5. The lowest BCUT2D eigenvalue weighted by molar-refractivity contribution is 0.975. The second-order valence-electron chi connectivity index (χ2n) is 3.68. The van der Waals surface area contributed by atoms with E-state index in [9.17, 15) is 0 Å². The first-order valence-corrected chi connectivity index (χ1v) is 5.79. The maximum Gasteiger partial charge on any atom is 0.124 e. The van der Waals surface area contributed by atoms with Crippen molar-refractivity contribution in [3.63, 3.8) is 0 Å². The number of nitrogens with two attached hydrogens (primary N) is 1. The molecule has 3 nitrogen and oxygen atoms in total. The molecule has 0 spiro atoms. The predicted octanol–water partition coefficient (Wildman–Crippen LogP) is 2.55. The molecule has 17 heavy (non-hydrogen) atoms. The van der Waals surface area contributed by atoms with Gasteiger partial charge in [-0.25, -0.2) is 0 Å². The molecule has 86 valence electrons. The van der Waals surface area contributed by atoms with Crippen LogP contribution in [0.1, 0.15) is 16.8 Å². The van der Waals surface area contributed by atoms with Gasteiger partial charge in [-0.2, -0.15) is 5.26 Å². The fraction of sp³-hybridized carbons (Fsp3) is 0.154. The Kier molecular flexibility index (Phi) is 3.48. The van der Waals surface area contributed by atoms with E-state index in [0.29, 0.717) is 18.1 Å². The number of aromatic nitrogens is 1. The number of nitriles is 1. The lowest BCUT2D eigenvalue weighted by Crippen LogP contribution is -2.05. The SMILES string of the molecule is N#Cc1cccn1-c1ccc(CCl)cc1CN. The zero-order valence-corrected chi connectivity index (χ0v) is 9.98. The van der Waals surface area contributed by atoms with Crippen LogP contribution >= 0.6 is 11.6 Å². The monoisotopic (exact) mass is 245 g/mol. The standard InChI is InChI=1S/C13H12ClN3/c14-7-10-3-4-13(11(6-10)8-15)17-5-1-2-12(17)9-16/h1-6H,7-8,15H2. The molecule has 2 rings (SSSR count). The maximum absolute atomic E-state index is 9.01. The van der Waals surface area contributed by atoms with Gasteiger partial charge in [0.2, 0.25) is 0 Å². The normalized spacial score (nSPS) is 10.2. The number of hydrogen-bond donors (Lipinski definition) is 1. The zero-order chi connectivity index (χ0) is 12.3. The number of benzene rings is 1. The summed E-state index contributed by atoms with van der Waals surface area (Å²) < 4.78 is 1.83. The molecule has 0 aliphatic rings. The largest absolute Gasteiger partial charge is 0.326 e. The van der Waals surface area contributed by atoms with Crippen LogP contribution in [0.2, 0.25) is 0 Å². The van der Waals surface area contributed by atoms with E-state index in [1.165, 1.54) is 0 Å². The topological polar surface area (TPSA) is 54.7 Å². The van der Waals surface area contributed by atoms with Gasteiger partial charge in [0.1, 0.15) is 11.8 Å². The first-order chi connectivity index (χ1) is 8.30. The van der Waals surface area contributed by atoms with Crippen molar-refractivity contribution < 1.29 is 0 Å². The Labute approximate surface area is 105 Å². The molecule has 0 unspecified atom stereocenters. The van der Waals surface area contributed by atoms with Gasteiger partial charge in [-0.1, -0.05) is 12.1 Å². The summed E-state index contributed by atoms with van der Waals surface area (Å²) in [6, 6.07) is 11.6. The predicted molar refractivity (Wildman–Crippen MR) is 67.9 cm³/mol. The van der Waals surface area contributed by atoms with E-state index >= 15 is 0 Å². The molecule has 0 bridgehead atoms. The van der Waals surface area contributed by atoms with Crippen LogP contribution in [-0.4, -0.2) is 4.57 Å². The molecular weight excluding hydrogens is 234 g/mol. The smallest absolute Gasteiger partial charge is 0.124 e. The summed E-state index contributed by atoms with van der Waals surface area (Å²) in [4.78, 5) is 0. The van der Waals surface area contributed by atoms with Gasteiger partial charge in [0, 0.05) is 18.6 Å². The highest BCUT2D eigenvalue weighted by molar-refractivity contribution is 6.17. The van der Waals surface area contributed by atoms with Crippen molar-refractivity contribution >= 4 is 11.6 Å².